The summed E-state index contributed by atoms with van der Waals surface area (Å²) < 4.78 is 0. The van der Waals surface area contributed by atoms with E-state index in [-0.39, 0.29) is 6.04 Å². The maximum atomic E-state index is 8.60. The van der Waals surface area contributed by atoms with Crippen molar-refractivity contribution in [2.75, 3.05) is 18.6 Å². The molecule has 12 heavy (non-hydrogen) atoms. The molecule has 0 bridgehead atoms. The van der Waals surface area contributed by atoms with Crippen LogP contribution in [-0.2, 0) is 0 Å². The molecule has 0 aromatic rings. The van der Waals surface area contributed by atoms with Gasteiger partial charge in [-0.2, -0.15) is 17.0 Å². The molecule has 0 saturated carbocycles. The van der Waals surface area contributed by atoms with E-state index in [9.17, 15) is 0 Å². The van der Waals surface area contributed by atoms with Crippen LogP contribution in [0, 0.1) is 11.3 Å². The van der Waals surface area contributed by atoms with Gasteiger partial charge in [0.25, 0.3) is 0 Å². The first-order valence-corrected chi connectivity index (χ1v) is 5.65. The maximum absolute atomic E-state index is 8.60. The van der Waals surface area contributed by atoms with Gasteiger partial charge in [0.15, 0.2) is 0 Å². The van der Waals surface area contributed by atoms with Gasteiger partial charge < -0.3 is 5.32 Å². The zero-order chi connectivity index (χ0) is 9.23. The van der Waals surface area contributed by atoms with Gasteiger partial charge in [0.2, 0.25) is 0 Å². The van der Waals surface area contributed by atoms with E-state index in [2.05, 4.69) is 18.3 Å². The molecule has 0 spiro atoms. The predicted molar refractivity (Wildman–Crippen MR) is 55.3 cm³/mol. The van der Waals surface area contributed by atoms with E-state index in [0.717, 1.165) is 5.75 Å². The Bertz CT molecular complexity index is 131. The standard InChI is InChI=1S/C9H18N2S/c1-3-4-5-6-12-8-9(7-10)11-2/h9,11H,3-6,8H2,1-2H3. The third-order valence-electron chi connectivity index (χ3n) is 1.68. The molecule has 3 heteroatoms. The summed E-state index contributed by atoms with van der Waals surface area (Å²) >= 11 is 1.87. The van der Waals surface area contributed by atoms with Crippen molar-refractivity contribution in [3.63, 3.8) is 0 Å². The van der Waals surface area contributed by atoms with Crippen LogP contribution in [0.4, 0.5) is 0 Å². The van der Waals surface area contributed by atoms with Crippen molar-refractivity contribution < 1.29 is 0 Å². The van der Waals surface area contributed by atoms with Crippen molar-refractivity contribution in [1.82, 2.24) is 5.32 Å². The molecule has 0 amide bonds. The molecule has 0 aromatic carbocycles. The SMILES string of the molecule is CCCCCSCC(C#N)NC. The molecular formula is C9H18N2S. The number of thioether (sulfide) groups is 1. The Morgan fingerprint density at radius 3 is 2.75 bits per heavy atom. The number of nitrogens with zero attached hydrogens (tertiary/aromatic N) is 1. The number of hydrogen-bond acceptors (Lipinski definition) is 3. The van der Waals surface area contributed by atoms with Gasteiger partial charge in [-0.1, -0.05) is 19.8 Å². The third kappa shape index (κ3) is 6.51. The lowest BCUT2D eigenvalue weighted by atomic mass is 10.3. The van der Waals surface area contributed by atoms with Gasteiger partial charge in [-0.3, -0.25) is 0 Å². The molecule has 1 unspecified atom stereocenters. The van der Waals surface area contributed by atoms with Crippen molar-refractivity contribution in [3.8, 4) is 6.07 Å². The lowest BCUT2D eigenvalue weighted by Crippen LogP contribution is -2.25. The zero-order valence-corrected chi connectivity index (χ0v) is 8.78. The topological polar surface area (TPSA) is 35.8 Å². The quantitative estimate of drug-likeness (QED) is 0.618. The van der Waals surface area contributed by atoms with Crippen molar-refractivity contribution in [2.24, 2.45) is 0 Å². The Morgan fingerprint density at radius 2 is 2.25 bits per heavy atom. The molecule has 0 rings (SSSR count). The Balaban J connectivity index is 3.13. The smallest absolute Gasteiger partial charge is 0.104 e. The van der Waals surface area contributed by atoms with Crippen molar-refractivity contribution in [3.05, 3.63) is 0 Å². The third-order valence-corrected chi connectivity index (χ3v) is 2.83. The Hall–Kier alpha value is -0.200. The second-order valence-corrected chi connectivity index (χ2v) is 3.90. The number of unbranched alkanes of at least 4 members (excludes halogenated alkanes) is 2. The molecule has 0 fully saturated rings. The van der Waals surface area contributed by atoms with Gasteiger partial charge in [-0.25, -0.2) is 0 Å². The molecule has 70 valence electrons. The first-order chi connectivity index (χ1) is 5.85. The Kier molecular flexibility index (Phi) is 8.74. The molecule has 1 atom stereocenters. The van der Waals surface area contributed by atoms with E-state index < -0.39 is 0 Å². The van der Waals surface area contributed by atoms with Crippen molar-refractivity contribution >= 4 is 11.8 Å². The molecule has 0 radical (unpaired) electrons. The predicted octanol–water partition coefficient (Wildman–Crippen LogP) is 2.02. The molecular weight excluding hydrogens is 168 g/mol. The van der Waals surface area contributed by atoms with E-state index in [0.29, 0.717) is 0 Å². The van der Waals surface area contributed by atoms with Gasteiger partial charge in [-0.05, 0) is 19.2 Å². The van der Waals surface area contributed by atoms with Gasteiger partial charge in [-0.15, -0.1) is 0 Å². The summed E-state index contributed by atoms with van der Waals surface area (Å²) in [4.78, 5) is 0. The number of nitriles is 1. The largest absolute Gasteiger partial charge is 0.304 e. The molecule has 0 aliphatic heterocycles. The molecule has 0 saturated heterocycles. The monoisotopic (exact) mass is 186 g/mol. The first kappa shape index (κ1) is 11.8. The van der Waals surface area contributed by atoms with Crippen LogP contribution in [0.2, 0.25) is 0 Å². The lowest BCUT2D eigenvalue weighted by molar-refractivity contribution is 0.746. The summed E-state index contributed by atoms with van der Waals surface area (Å²) in [6.45, 7) is 2.20. The van der Waals surface area contributed by atoms with Crippen LogP contribution >= 0.6 is 11.8 Å². The van der Waals surface area contributed by atoms with Crippen LogP contribution < -0.4 is 5.32 Å². The second kappa shape index (κ2) is 8.89. The minimum absolute atomic E-state index is 0.0247. The molecule has 1 N–H and O–H groups in total. The molecule has 2 nitrogen and oxygen atoms in total. The number of hydrogen-bond donors (Lipinski definition) is 1. The van der Waals surface area contributed by atoms with E-state index in [1.165, 1.54) is 25.0 Å². The zero-order valence-electron chi connectivity index (χ0n) is 7.97. The van der Waals surface area contributed by atoms with Crippen LogP contribution in [-0.4, -0.2) is 24.6 Å². The summed E-state index contributed by atoms with van der Waals surface area (Å²) in [6, 6.07) is 2.24. The highest BCUT2D eigenvalue weighted by Gasteiger charge is 2.01. The summed E-state index contributed by atoms with van der Waals surface area (Å²) in [5, 5.41) is 11.6. The van der Waals surface area contributed by atoms with Crippen LogP contribution in [0.3, 0.4) is 0 Å². The van der Waals surface area contributed by atoms with Crippen LogP contribution in [0.15, 0.2) is 0 Å². The fraction of sp³-hybridized carbons (Fsp3) is 0.889. The highest BCUT2D eigenvalue weighted by Crippen LogP contribution is 2.07. The summed E-state index contributed by atoms with van der Waals surface area (Å²) in [6.07, 6.45) is 3.86. The van der Waals surface area contributed by atoms with Gasteiger partial charge >= 0.3 is 0 Å². The van der Waals surface area contributed by atoms with Crippen LogP contribution in [0.25, 0.3) is 0 Å². The lowest BCUT2D eigenvalue weighted by Gasteiger charge is -2.05. The van der Waals surface area contributed by atoms with Crippen molar-refractivity contribution in [2.45, 2.75) is 32.2 Å². The molecule has 0 aliphatic rings. The molecule has 0 aliphatic carbocycles. The first-order valence-electron chi connectivity index (χ1n) is 4.49. The van der Waals surface area contributed by atoms with E-state index in [1.807, 2.05) is 18.8 Å². The van der Waals surface area contributed by atoms with E-state index in [4.69, 9.17) is 5.26 Å². The van der Waals surface area contributed by atoms with Crippen LogP contribution in [0.5, 0.6) is 0 Å². The highest BCUT2D eigenvalue weighted by molar-refractivity contribution is 7.99. The van der Waals surface area contributed by atoms with E-state index >= 15 is 0 Å². The maximum Gasteiger partial charge on any atom is 0.104 e. The number of rotatable bonds is 7. The van der Waals surface area contributed by atoms with Gasteiger partial charge in [0, 0.05) is 5.75 Å². The van der Waals surface area contributed by atoms with Gasteiger partial charge in [0.1, 0.15) is 6.04 Å². The molecule has 0 heterocycles. The average Bonchev–Trinajstić information content (AvgIpc) is 2.11. The highest BCUT2D eigenvalue weighted by atomic mass is 32.2. The van der Waals surface area contributed by atoms with Crippen molar-refractivity contribution in [1.29, 1.82) is 5.26 Å². The second-order valence-electron chi connectivity index (χ2n) is 2.75. The average molecular weight is 186 g/mol. The Morgan fingerprint density at radius 1 is 1.50 bits per heavy atom. The normalized spacial score (nSPS) is 12.4. The fourth-order valence-corrected chi connectivity index (χ4v) is 1.89. The minimum Gasteiger partial charge on any atom is -0.304 e. The van der Waals surface area contributed by atoms with Crippen LogP contribution in [0.1, 0.15) is 26.2 Å². The fourth-order valence-electron chi connectivity index (χ4n) is 0.840. The summed E-state index contributed by atoms with van der Waals surface area (Å²) in [7, 11) is 1.83. The summed E-state index contributed by atoms with van der Waals surface area (Å²) in [5.74, 6) is 2.10. The minimum atomic E-state index is 0.0247. The molecule has 0 aromatic heterocycles. The summed E-state index contributed by atoms with van der Waals surface area (Å²) in [5.41, 5.74) is 0. The number of nitrogens with one attached hydrogen (secondary N) is 1. The van der Waals surface area contributed by atoms with E-state index in [1.54, 1.807) is 0 Å². The van der Waals surface area contributed by atoms with Gasteiger partial charge in [0.05, 0.1) is 6.07 Å². The Labute approximate surface area is 79.7 Å².